The van der Waals surface area contributed by atoms with Crippen LogP contribution in [0.3, 0.4) is 0 Å². The van der Waals surface area contributed by atoms with Gasteiger partial charge >= 0.3 is 0 Å². The zero-order valence-electron chi connectivity index (χ0n) is 15.6. The topological polar surface area (TPSA) is 60.0 Å². The molecular weight excluding hydrogens is 363 g/mol. The minimum atomic E-state index is -0.264. The Bertz CT molecular complexity index is 1040. The van der Waals surface area contributed by atoms with Crippen LogP contribution in [0, 0.1) is 5.82 Å². The summed E-state index contributed by atoms with van der Waals surface area (Å²) in [5.74, 6) is 0.560. The van der Waals surface area contributed by atoms with E-state index in [2.05, 4.69) is 41.2 Å². The average Bonchev–Trinajstić information content (AvgIpc) is 3.27. The van der Waals surface area contributed by atoms with E-state index in [1.165, 1.54) is 23.5 Å². The fourth-order valence-corrected chi connectivity index (χ4v) is 3.66. The largest absolute Gasteiger partial charge is 0.346 e. The average molecular weight is 384 g/mol. The van der Waals surface area contributed by atoms with Crippen molar-refractivity contribution in [3.63, 3.8) is 0 Å². The van der Waals surface area contributed by atoms with Gasteiger partial charge in [-0.3, -0.25) is 0 Å². The second-order valence-electron chi connectivity index (χ2n) is 7.54. The maximum atomic E-state index is 13.4. The second-order valence-corrected chi connectivity index (χ2v) is 8.49. The van der Waals surface area contributed by atoms with Gasteiger partial charge in [0.25, 0.3) is 0 Å². The molecule has 0 fully saturated rings. The molecule has 1 unspecified atom stereocenters. The van der Waals surface area contributed by atoms with E-state index in [1.807, 2.05) is 24.0 Å². The van der Waals surface area contributed by atoms with Gasteiger partial charge in [-0.1, -0.05) is 44.2 Å². The SMILES string of the molecule is Cn1ccnc1C(Nc1nn2cc(C(C)(C)C)nc2s1)c1ccc(F)cc1. The number of rotatable bonds is 4. The molecule has 1 N–H and O–H groups in total. The van der Waals surface area contributed by atoms with Gasteiger partial charge in [0.2, 0.25) is 10.1 Å². The Hall–Kier alpha value is -2.74. The molecule has 0 aliphatic carbocycles. The summed E-state index contributed by atoms with van der Waals surface area (Å²) in [6.07, 6.45) is 5.60. The lowest BCUT2D eigenvalue weighted by Crippen LogP contribution is -2.17. The number of benzene rings is 1. The van der Waals surface area contributed by atoms with E-state index in [9.17, 15) is 4.39 Å². The molecule has 0 aliphatic rings. The van der Waals surface area contributed by atoms with E-state index in [-0.39, 0.29) is 17.3 Å². The molecule has 0 amide bonds. The quantitative estimate of drug-likeness (QED) is 0.574. The van der Waals surface area contributed by atoms with E-state index < -0.39 is 0 Å². The van der Waals surface area contributed by atoms with Gasteiger partial charge in [0.15, 0.2) is 0 Å². The fourth-order valence-electron chi connectivity index (χ4n) is 2.85. The first-order valence-corrected chi connectivity index (χ1v) is 9.49. The molecule has 0 radical (unpaired) electrons. The van der Waals surface area contributed by atoms with Gasteiger partial charge in [0.05, 0.1) is 11.9 Å². The molecule has 3 heterocycles. The molecule has 8 heteroatoms. The molecule has 0 saturated heterocycles. The van der Waals surface area contributed by atoms with Gasteiger partial charge in [-0.15, -0.1) is 5.10 Å². The minimum Gasteiger partial charge on any atom is -0.346 e. The number of nitrogens with one attached hydrogen (secondary N) is 1. The lowest BCUT2D eigenvalue weighted by molar-refractivity contribution is 0.572. The van der Waals surface area contributed by atoms with Crippen molar-refractivity contribution < 1.29 is 4.39 Å². The van der Waals surface area contributed by atoms with Crippen LogP contribution in [0.25, 0.3) is 4.96 Å². The van der Waals surface area contributed by atoms with Crippen LogP contribution in [-0.2, 0) is 12.5 Å². The van der Waals surface area contributed by atoms with Gasteiger partial charge < -0.3 is 9.88 Å². The van der Waals surface area contributed by atoms with E-state index >= 15 is 0 Å². The zero-order valence-corrected chi connectivity index (χ0v) is 16.5. The van der Waals surface area contributed by atoms with Gasteiger partial charge in [-0.05, 0) is 17.7 Å². The Morgan fingerprint density at radius 3 is 2.52 bits per heavy atom. The number of halogens is 1. The molecule has 0 aliphatic heterocycles. The van der Waals surface area contributed by atoms with E-state index in [1.54, 1.807) is 22.8 Å². The van der Waals surface area contributed by atoms with E-state index in [0.717, 1.165) is 27.2 Å². The first kappa shape index (κ1) is 17.7. The molecule has 1 atom stereocenters. The monoisotopic (exact) mass is 384 g/mol. The van der Waals surface area contributed by atoms with Gasteiger partial charge in [-0.2, -0.15) is 0 Å². The molecule has 140 valence electrons. The summed E-state index contributed by atoms with van der Waals surface area (Å²) in [6, 6.07) is 6.19. The first-order valence-electron chi connectivity index (χ1n) is 8.67. The number of nitrogens with zero attached hydrogens (tertiary/aromatic N) is 5. The van der Waals surface area contributed by atoms with Gasteiger partial charge in [-0.25, -0.2) is 18.9 Å². The summed E-state index contributed by atoms with van der Waals surface area (Å²) in [4.78, 5) is 9.98. The van der Waals surface area contributed by atoms with Crippen LogP contribution >= 0.6 is 11.3 Å². The third kappa shape index (κ3) is 3.44. The van der Waals surface area contributed by atoms with Crippen molar-refractivity contribution in [3.8, 4) is 0 Å². The number of aryl methyl sites for hydroxylation is 1. The molecule has 1 aromatic carbocycles. The smallest absolute Gasteiger partial charge is 0.214 e. The van der Waals surface area contributed by atoms with E-state index in [4.69, 9.17) is 0 Å². The number of anilines is 1. The fraction of sp³-hybridized carbons (Fsp3) is 0.316. The highest BCUT2D eigenvalue weighted by molar-refractivity contribution is 7.20. The Balaban J connectivity index is 1.69. The molecular formula is C19H21FN6S. The van der Waals surface area contributed by atoms with Crippen molar-refractivity contribution in [3.05, 3.63) is 65.8 Å². The standard InChI is InChI=1S/C19H21FN6S/c1-19(2,3)14-11-26-18(22-14)27-17(24-26)23-15(16-21-9-10-25(16)4)12-5-7-13(20)8-6-12/h5-11,15H,1-4H3,(H,23,24). The van der Waals surface area contributed by atoms with Crippen LogP contribution < -0.4 is 5.32 Å². The zero-order chi connectivity index (χ0) is 19.2. The molecule has 3 aromatic heterocycles. The second kappa shape index (κ2) is 6.45. The molecule has 4 rings (SSSR count). The van der Waals surface area contributed by atoms with Crippen molar-refractivity contribution in [2.45, 2.75) is 32.2 Å². The molecule has 6 nitrogen and oxygen atoms in total. The van der Waals surface area contributed by atoms with Crippen molar-refractivity contribution >= 4 is 21.4 Å². The summed E-state index contributed by atoms with van der Waals surface area (Å²) in [5.41, 5.74) is 1.89. The highest BCUT2D eigenvalue weighted by Crippen LogP contribution is 2.30. The van der Waals surface area contributed by atoms with Crippen LogP contribution in [0.1, 0.15) is 43.9 Å². The number of fused-ring (bicyclic) bond motifs is 1. The third-order valence-corrected chi connectivity index (χ3v) is 5.25. The third-order valence-electron chi connectivity index (χ3n) is 4.40. The molecule has 0 spiro atoms. The molecule has 4 aromatic rings. The number of imidazole rings is 2. The maximum absolute atomic E-state index is 13.4. The normalized spacial score (nSPS) is 13.2. The summed E-state index contributed by atoms with van der Waals surface area (Å²) in [5, 5.41) is 8.78. The summed E-state index contributed by atoms with van der Waals surface area (Å²) < 4.78 is 17.1. The number of aromatic nitrogens is 5. The van der Waals surface area contributed by atoms with Crippen LogP contribution in [0.4, 0.5) is 9.52 Å². The number of hydrogen-bond acceptors (Lipinski definition) is 5. The van der Waals surface area contributed by atoms with Crippen molar-refractivity contribution in [2.24, 2.45) is 7.05 Å². The Morgan fingerprint density at radius 1 is 1.19 bits per heavy atom. The summed E-state index contributed by atoms with van der Waals surface area (Å²) in [7, 11) is 1.94. The van der Waals surface area contributed by atoms with Gasteiger partial charge in [0.1, 0.15) is 17.7 Å². The highest BCUT2D eigenvalue weighted by Gasteiger charge is 2.22. The van der Waals surface area contributed by atoms with Crippen LogP contribution in [0.2, 0.25) is 0 Å². The van der Waals surface area contributed by atoms with Gasteiger partial charge in [0, 0.05) is 24.9 Å². The lowest BCUT2D eigenvalue weighted by atomic mass is 9.93. The number of hydrogen-bond donors (Lipinski definition) is 1. The Labute approximate surface area is 160 Å². The summed E-state index contributed by atoms with van der Waals surface area (Å²) >= 11 is 1.48. The molecule has 0 saturated carbocycles. The van der Waals surface area contributed by atoms with Crippen LogP contribution in [0.15, 0.2) is 42.9 Å². The lowest BCUT2D eigenvalue weighted by Gasteiger charge is -2.18. The van der Waals surface area contributed by atoms with E-state index in [0.29, 0.717) is 0 Å². The maximum Gasteiger partial charge on any atom is 0.214 e. The highest BCUT2D eigenvalue weighted by atomic mass is 32.1. The summed E-state index contributed by atoms with van der Waals surface area (Å²) in [6.45, 7) is 6.39. The van der Waals surface area contributed by atoms with Crippen molar-refractivity contribution in [1.82, 2.24) is 24.1 Å². The Morgan fingerprint density at radius 2 is 1.93 bits per heavy atom. The molecule has 0 bridgehead atoms. The van der Waals surface area contributed by atoms with Crippen molar-refractivity contribution in [1.29, 1.82) is 0 Å². The predicted molar refractivity (Wildman–Crippen MR) is 105 cm³/mol. The molecule has 27 heavy (non-hydrogen) atoms. The first-order chi connectivity index (χ1) is 12.8. The minimum absolute atomic E-state index is 0.0232. The predicted octanol–water partition coefficient (Wildman–Crippen LogP) is 4.16. The van der Waals surface area contributed by atoms with Crippen LogP contribution in [0.5, 0.6) is 0 Å². The van der Waals surface area contributed by atoms with Crippen LogP contribution in [-0.4, -0.2) is 24.1 Å². The van der Waals surface area contributed by atoms with Crippen molar-refractivity contribution in [2.75, 3.05) is 5.32 Å². The Kier molecular flexibility index (Phi) is 4.22.